The smallest absolute Gasteiger partial charge is 0.254 e. The fraction of sp³-hybridized carbons (Fsp3) is 0.391. The van der Waals surface area contributed by atoms with Gasteiger partial charge in [0.25, 0.3) is 5.91 Å². The van der Waals surface area contributed by atoms with E-state index < -0.39 is 0 Å². The average Bonchev–Trinajstić information content (AvgIpc) is 2.73. The predicted octanol–water partition coefficient (Wildman–Crippen LogP) is 3.49. The summed E-state index contributed by atoms with van der Waals surface area (Å²) in [7, 11) is 0. The SMILES string of the molecule is Cc1cccc(OCCC(=O)Nc2cccc(C(=O)N3CCOCC3)c2C)c1C. The third-order valence-electron chi connectivity index (χ3n) is 5.28. The maximum absolute atomic E-state index is 12.8. The summed E-state index contributed by atoms with van der Waals surface area (Å²) < 4.78 is 11.1. The van der Waals surface area contributed by atoms with Crippen LogP contribution in [0.25, 0.3) is 0 Å². The maximum Gasteiger partial charge on any atom is 0.254 e. The van der Waals surface area contributed by atoms with Gasteiger partial charge in [0, 0.05) is 24.3 Å². The summed E-state index contributed by atoms with van der Waals surface area (Å²) in [5, 5.41) is 2.91. The second-order valence-electron chi connectivity index (χ2n) is 7.23. The third-order valence-corrected chi connectivity index (χ3v) is 5.28. The van der Waals surface area contributed by atoms with Crippen molar-refractivity contribution >= 4 is 17.5 Å². The van der Waals surface area contributed by atoms with Gasteiger partial charge in [-0.2, -0.15) is 0 Å². The van der Waals surface area contributed by atoms with Crippen LogP contribution in [0.4, 0.5) is 5.69 Å². The molecule has 2 aromatic rings. The molecule has 154 valence electrons. The minimum atomic E-state index is -0.144. The third kappa shape index (κ3) is 5.15. The normalized spacial score (nSPS) is 13.8. The number of nitrogens with zero attached hydrogens (tertiary/aromatic N) is 1. The summed E-state index contributed by atoms with van der Waals surface area (Å²) in [5.74, 6) is 0.626. The molecule has 0 atom stereocenters. The fourth-order valence-electron chi connectivity index (χ4n) is 3.29. The zero-order chi connectivity index (χ0) is 20.8. The highest BCUT2D eigenvalue weighted by molar-refractivity contribution is 5.99. The molecule has 0 bridgehead atoms. The molecule has 0 spiro atoms. The number of hydrogen-bond donors (Lipinski definition) is 1. The van der Waals surface area contributed by atoms with Gasteiger partial charge in [-0.25, -0.2) is 0 Å². The summed E-state index contributed by atoms with van der Waals surface area (Å²) in [6.07, 6.45) is 0.231. The van der Waals surface area contributed by atoms with Crippen molar-refractivity contribution in [2.24, 2.45) is 0 Å². The first-order chi connectivity index (χ1) is 14.0. The first-order valence-corrected chi connectivity index (χ1v) is 9.93. The molecule has 0 saturated carbocycles. The van der Waals surface area contributed by atoms with Gasteiger partial charge in [0.1, 0.15) is 5.75 Å². The summed E-state index contributed by atoms with van der Waals surface area (Å²) >= 11 is 0. The molecule has 2 aromatic carbocycles. The zero-order valence-corrected chi connectivity index (χ0v) is 17.3. The molecule has 2 amide bonds. The van der Waals surface area contributed by atoms with Crippen LogP contribution in [-0.2, 0) is 9.53 Å². The molecule has 1 heterocycles. The standard InChI is InChI=1S/C23H28N2O4/c1-16-6-4-9-21(17(16)2)29-13-10-22(26)24-20-8-5-7-19(18(20)3)23(27)25-11-14-28-15-12-25/h4-9H,10-15H2,1-3H3,(H,24,26). The van der Waals surface area contributed by atoms with E-state index in [1.165, 1.54) is 0 Å². The van der Waals surface area contributed by atoms with Gasteiger partial charge >= 0.3 is 0 Å². The Kier molecular flexibility index (Phi) is 6.88. The lowest BCUT2D eigenvalue weighted by Crippen LogP contribution is -2.41. The minimum absolute atomic E-state index is 0.0276. The Balaban J connectivity index is 1.59. The van der Waals surface area contributed by atoms with Crippen molar-refractivity contribution in [3.63, 3.8) is 0 Å². The molecule has 1 N–H and O–H groups in total. The van der Waals surface area contributed by atoms with Gasteiger partial charge in [0.15, 0.2) is 0 Å². The molecule has 1 saturated heterocycles. The second-order valence-corrected chi connectivity index (χ2v) is 7.23. The summed E-state index contributed by atoms with van der Waals surface area (Å²) in [6, 6.07) is 11.3. The Morgan fingerprint density at radius 1 is 1.03 bits per heavy atom. The Bertz CT molecular complexity index is 888. The number of anilines is 1. The number of carbonyl (C=O) groups excluding carboxylic acids is 2. The highest BCUT2D eigenvalue weighted by Crippen LogP contribution is 2.22. The first kappa shape index (κ1) is 20.9. The molecule has 0 aliphatic carbocycles. The number of nitrogens with one attached hydrogen (secondary N) is 1. The number of carbonyl (C=O) groups is 2. The van der Waals surface area contributed by atoms with Gasteiger partial charge in [-0.1, -0.05) is 18.2 Å². The highest BCUT2D eigenvalue weighted by atomic mass is 16.5. The maximum atomic E-state index is 12.8. The Morgan fingerprint density at radius 3 is 2.52 bits per heavy atom. The van der Waals surface area contributed by atoms with Crippen molar-refractivity contribution in [3.8, 4) is 5.75 Å². The van der Waals surface area contributed by atoms with Crippen LogP contribution in [0, 0.1) is 20.8 Å². The largest absolute Gasteiger partial charge is 0.493 e. The van der Waals surface area contributed by atoms with Crippen LogP contribution in [0.15, 0.2) is 36.4 Å². The van der Waals surface area contributed by atoms with Crippen molar-refractivity contribution < 1.29 is 19.1 Å². The molecule has 29 heavy (non-hydrogen) atoms. The summed E-state index contributed by atoms with van der Waals surface area (Å²) in [6.45, 7) is 8.48. The van der Waals surface area contributed by atoms with Gasteiger partial charge in [-0.3, -0.25) is 9.59 Å². The summed E-state index contributed by atoms with van der Waals surface area (Å²) in [5.41, 5.74) is 4.27. The van der Waals surface area contributed by atoms with Crippen molar-refractivity contribution in [2.45, 2.75) is 27.2 Å². The lowest BCUT2D eigenvalue weighted by Gasteiger charge is -2.27. The number of aryl methyl sites for hydroxylation is 1. The van der Waals surface area contributed by atoms with Crippen molar-refractivity contribution in [2.75, 3.05) is 38.2 Å². The van der Waals surface area contributed by atoms with Crippen LogP contribution in [0.1, 0.15) is 33.5 Å². The molecule has 6 heteroatoms. The van der Waals surface area contributed by atoms with Crippen molar-refractivity contribution in [1.82, 2.24) is 4.90 Å². The van der Waals surface area contributed by atoms with E-state index in [1.807, 2.05) is 45.0 Å². The topological polar surface area (TPSA) is 67.9 Å². The number of morpholine rings is 1. The van der Waals surface area contributed by atoms with Crippen molar-refractivity contribution in [3.05, 3.63) is 58.7 Å². The van der Waals surface area contributed by atoms with Gasteiger partial charge in [0.05, 0.1) is 26.2 Å². The van der Waals surface area contributed by atoms with Crippen LogP contribution in [0.2, 0.25) is 0 Å². The molecule has 0 radical (unpaired) electrons. The monoisotopic (exact) mass is 396 g/mol. The van der Waals surface area contributed by atoms with E-state index in [4.69, 9.17) is 9.47 Å². The Morgan fingerprint density at radius 2 is 1.76 bits per heavy atom. The molecule has 3 rings (SSSR count). The molecule has 1 fully saturated rings. The molecule has 0 unspecified atom stereocenters. The molecule has 6 nitrogen and oxygen atoms in total. The van der Waals surface area contributed by atoms with E-state index in [0.717, 1.165) is 22.4 Å². The minimum Gasteiger partial charge on any atom is -0.493 e. The first-order valence-electron chi connectivity index (χ1n) is 9.93. The second kappa shape index (κ2) is 9.56. The molecule has 0 aromatic heterocycles. The number of hydrogen-bond acceptors (Lipinski definition) is 4. The highest BCUT2D eigenvalue weighted by Gasteiger charge is 2.21. The molecule has 1 aliphatic heterocycles. The van der Waals surface area contributed by atoms with E-state index in [1.54, 1.807) is 17.0 Å². The molecule has 1 aliphatic rings. The van der Waals surface area contributed by atoms with Crippen LogP contribution >= 0.6 is 0 Å². The van der Waals surface area contributed by atoms with E-state index in [2.05, 4.69) is 5.32 Å². The zero-order valence-electron chi connectivity index (χ0n) is 17.3. The van der Waals surface area contributed by atoms with Crippen molar-refractivity contribution in [1.29, 1.82) is 0 Å². The van der Waals surface area contributed by atoms with Gasteiger partial charge in [-0.15, -0.1) is 0 Å². The van der Waals surface area contributed by atoms with Crippen LogP contribution < -0.4 is 10.1 Å². The van der Waals surface area contributed by atoms with Gasteiger partial charge in [0.2, 0.25) is 5.91 Å². The predicted molar refractivity (Wildman–Crippen MR) is 113 cm³/mol. The number of amides is 2. The lowest BCUT2D eigenvalue weighted by molar-refractivity contribution is -0.116. The molecular formula is C23H28N2O4. The Labute approximate surface area is 171 Å². The molecular weight excluding hydrogens is 368 g/mol. The number of rotatable bonds is 6. The number of benzene rings is 2. The fourth-order valence-corrected chi connectivity index (χ4v) is 3.29. The van der Waals surface area contributed by atoms with Gasteiger partial charge < -0.3 is 19.7 Å². The van der Waals surface area contributed by atoms with E-state index >= 15 is 0 Å². The van der Waals surface area contributed by atoms with Crippen LogP contribution in [-0.4, -0.2) is 49.6 Å². The van der Waals surface area contributed by atoms with E-state index in [-0.39, 0.29) is 18.2 Å². The average molecular weight is 396 g/mol. The summed E-state index contributed by atoms with van der Waals surface area (Å²) in [4.78, 5) is 27.0. The van der Waals surface area contributed by atoms with Gasteiger partial charge in [-0.05, 0) is 55.7 Å². The quantitative estimate of drug-likeness (QED) is 0.812. The van der Waals surface area contributed by atoms with Crippen LogP contribution in [0.3, 0.4) is 0 Å². The Hall–Kier alpha value is -2.86. The van der Waals surface area contributed by atoms with E-state index in [0.29, 0.717) is 44.2 Å². The van der Waals surface area contributed by atoms with E-state index in [9.17, 15) is 9.59 Å². The number of ether oxygens (including phenoxy) is 2. The lowest BCUT2D eigenvalue weighted by atomic mass is 10.0. The van der Waals surface area contributed by atoms with Crippen LogP contribution in [0.5, 0.6) is 5.75 Å².